The van der Waals surface area contributed by atoms with Crippen LogP contribution in [0.3, 0.4) is 0 Å². The number of amides is 3. The Balaban J connectivity index is 1.92. The zero-order valence-corrected chi connectivity index (χ0v) is 14.5. The van der Waals surface area contributed by atoms with Crippen LogP contribution in [0.25, 0.3) is 10.1 Å². The van der Waals surface area contributed by atoms with E-state index in [2.05, 4.69) is 5.32 Å². The van der Waals surface area contributed by atoms with Gasteiger partial charge in [0.1, 0.15) is 10.7 Å². The summed E-state index contributed by atoms with van der Waals surface area (Å²) in [6, 6.07) is 3.85. The Bertz CT molecular complexity index is 805. The fraction of sp³-hybridized carbons (Fsp3) is 0.312. The van der Waals surface area contributed by atoms with E-state index >= 15 is 0 Å². The highest BCUT2D eigenvalue weighted by atomic mass is 32.1. The van der Waals surface area contributed by atoms with Gasteiger partial charge >= 0.3 is 12.0 Å². The van der Waals surface area contributed by atoms with E-state index in [1.165, 1.54) is 13.2 Å². The van der Waals surface area contributed by atoms with Crippen molar-refractivity contribution in [2.24, 2.45) is 0 Å². The maximum absolute atomic E-state index is 13.8. The number of methoxy groups -OCH3 is 1. The number of aryl methyl sites for hydroxylation is 1. The number of carbonyl (C=O) groups excluding carboxylic acids is 3. The van der Waals surface area contributed by atoms with Gasteiger partial charge in [0.2, 0.25) is 0 Å². The summed E-state index contributed by atoms with van der Waals surface area (Å²) >= 11 is 1.09. The largest absolute Gasteiger partial charge is 0.451 e. The van der Waals surface area contributed by atoms with Crippen LogP contribution < -0.4 is 10.6 Å². The molecule has 2 N–H and O–H groups in total. The van der Waals surface area contributed by atoms with Crippen LogP contribution in [0.4, 0.5) is 9.18 Å². The van der Waals surface area contributed by atoms with Crippen molar-refractivity contribution in [3.63, 3.8) is 0 Å². The van der Waals surface area contributed by atoms with E-state index < -0.39 is 30.3 Å². The Hall–Kier alpha value is -2.52. The molecule has 0 atom stereocenters. The number of imide groups is 1. The summed E-state index contributed by atoms with van der Waals surface area (Å²) < 4.78 is 24.1. The Morgan fingerprint density at radius 2 is 2.04 bits per heavy atom. The number of ether oxygens (including phenoxy) is 2. The second-order valence-corrected chi connectivity index (χ2v) is 6.09. The van der Waals surface area contributed by atoms with E-state index in [1.807, 2.05) is 5.32 Å². The number of carbonyl (C=O) groups is 3. The van der Waals surface area contributed by atoms with Crippen molar-refractivity contribution in [3.05, 3.63) is 34.5 Å². The molecule has 0 aliphatic rings. The number of hydrogen-bond acceptors (Lipinski definition) is 6. The standard InChI is InChI=1S/C16H17FN2O5S/c1-9-13-10(17)4-3-5-11(13)25-14(9)15(21)24-8-12(20)19-16(22)18-6-7-23-2/h3-5H,6-8H2,1-2H3,(H2,18,19,20,22). The molecule has 0 saturated heterocycles. The van der Waals surface area contributed by atoms with Crippen LogP contribution >= 0.6 is 11.3 Å². The third kappa shape index (κ3) is 4.74. The molecule has 25 heavy (non-hydrogen) atoms. The molecule has 0 aliphatic heterocycles. The maximum Gasteiger partial charge on any atom is 0.349 e. The van der Waals surface area contributed by atoms with Crippen LogP contribution in [0.1, 0.15) is 15.2 Å². The predicted octanol–water partition coefficient (Wildman–Crippen LogP) is 1.98. The van der Waals surface area contributed by atoms with Crippen molar-refractivity contribution < 1.29 is 28.2 Å². The summed E-state index contributed by atoms with van der Waals surface area (Å²) in [5.74, 6) is -1.93. The average Bonchev–Trinajstić information content (AvgIpc) is 2.91. The van der Waals surface area contributed by atoms with E-state index in [0.29, 0.717) is 22.3 Å². The molecule has 0 spiro atoms. The monoisotopic (exact) mass is 368 g/mol. The highest BCUT2D eigenvalue weighted by Crippen LogP contribution is 2.32. The normalized spacial score (nSPS) is 10.5. The first-order valence-electron chi connectivity index (χ1n) is 7.35. The number of thiophene rings is 1. The van der Waals surface area contributed by atoms with Gasteiger partial charge in [0.15, 0.2) is 6.61 Å². The highest BCUT2D eigenvalue weighted by molar-refractivity contribution is 7.21. The first-order valence-corrected chi connectivity index (χ1v) is 8.17. The molecule has 1 heterocycles. The summed E-state index contributed by atoms with van der Waals surface area (Å²) in [5.41, 5.74) is 0.459. The number of hydrogen-bond donors (Lipinski definition) is 2. The van der Waals surface area contributed by atoms with Gasteiger partial charge in [0.05, 0.1) is 6.61 Å². The lowest BCUT2D eigenvalue weighted by atomic mass is 10.1. The molecule has 0 unspecified atom stereocenters. The van der Waals surface area contributed by atoms with E-state index in [1.54, 1.807) is 19.1 Å². The van der Waals surface area contributed by atoms with E-state index in [-0.39, 0.29) is 11.4 Å². The number of esters is 1. The van der Waals surface area contributed by atoms with Gasteiger partial charge in [-0.15, -0.1) is 11.3 Å². The van der Waals surface area contributed by atoms with Gasteiger partial charge in [-0.1, -0.05) is 6.07 Å². The van der Waals surface area contributed by atoms with Crippen molar-refractivity contribution in [3.8, 4) is 0 Å². The highest BCUT2D eigenvalue weighted by Gasteiger charge is 2.20. The maximum atomic E-state index is 13.8. The van der Waals surface area contributed by atoms with Gasteiger partial charge in [-0.3, -0.25) is 10.1 Å². The molecule has 2 rings (SSSR count). The lowest BCUT2D eigenvalue weighted by Crippen LogP contribution is -2.42. The second kappa shape index (κ2) is 8.54. The van der Waals surface area contributed by atoms with Gasteiger partial charge < -0.3 is 14.8 Å². The molecule has 9 heteroatoms. The third-order valence-electron chi connectivity index (χ3n) is 3.27. The third-order valence-corrected chi connectivity index (χ3v) is 4.50. The molecule has 0 aliphatic carbocycles. The lowest BCUT2D eigenvalue weighted by Gasteiger charge is -2.07. The van der Waals surface area contributed by atoms with Crippen molar-refractivity contribution >= 4 is 39.3 Å². The minimum absolute atomic E-state index is 0.220. The van der Waals surface area contributed by atoms with Crippen LogP contribution in [0, 0.1) is 12.7 Å². The van der Waals surface area contributed by atoms with Gasteiger partial charge in [-0.25, -0.2) is 14.0 Å². The Morgan fingerprint density at radius 1 is 1.28 bits per heavy atom. The first-order chi connectivity index (χ1) is 11.9. The molecular formula is C16H17FN2O5S. The minimum Gasteiger partial charge on any atom is -0.451 e. The molecule has 2 aromatic rings. The Labute approximate surface area is 147 Å². The average molecular weight is 368 g/mol. The molecule has 7 nitrogen and oxygen atoms in total. The summed E-state index contributed by atoms with van der Waals surface area (Å²) in [6.45, 7) is 1.54. The fourth-order valence-electron chi connectivity index (χ4n) is 2.12. The van der Waals surface area contributed by atoms with Crippen molar-refractivity contribution in [1.29, 1.82) is 0 Å². The molecule has 3 amide bonds. The molecule has 0 radical (unpaired) electrons. The fourth-order valence-corrected chi connectivity index (χ4v) is 3.23. The summed E-state index contributed by atoms with van der Waals surface area (Å²) in [5, 5.41) is 4.77. The first kappa shape index (κ1) is 18.8. The number of urea groups is 1. The van der Waals surface area contributed by atoms with Crippen LogP contribution in [0.2, 0.25) is 0 Å². The minimum atomic E-state index is -0.770. The molecule has 0 fully saturated rings. The Morgan fingerprint density at radius 3 is 2.72 bits per heavy atom. The molecule has 134 valence electrons. The van der Waals surface area contributed by atoms with Crippen molar-refractivity contribution in [2.75, 3.05) is 26.9 Å². The molecular weight excluding hydrogens is 351 g/mol. The zero-order chi connectivity index (χ0) is 18.4. The van der Waals surface area contributed by atoms with Crippen LogP contribution in [-0.4, -0.2) is 44.8 Å². The van der Waals surface area contributed by atoms with E-state index in [4.69, 9.17) is 9.47 Å². The Kier molecular flexibility index (Phi) is 6.43. The van der Waals surface area contributed by atoms with Crippen molar-refractivity contribution in [2.45, 2.75) is 6.92 Å². The SMILES string of the molecule is COCCNC(=O)NC(=O)COC(=O)c1sc2cccc(F)c2c1C. The summed E-state index contributed by atoms with van der Waals surface area (Å²) in [4.78, 5) is 35.3. The van der Waals surface area contributed by atoms with E-state index in [9.17, 15) is 18.8 Å². The zero-order valence-electron chi connectivity index (χ0n) is 13.7. The number of nitrogens with one attached hydrogen (secondary N) is 2. The molecule has 0 saturated carbocycles. The van der Waals surface area contributed by atoms with E-state index in [0.717, 1.165) is 11.3 Å². The number of fused-ring (bicyclic) bond motifs is 1. The van der Waals surface area contributed by atoms with Crippen LogP contribution in [0.15, 0.2) is 18.2 Å². The molecule has 1 aromatic heterocycles. The number of halogens is 1. The topological polar surface area (TPSA) is 93.7 Å². The molecule has 0 bridgehead atoms. The quantitative estimate of drug-likeness (QED) is 0.601. The second-order valence-electron chi connectivity index (χ2n) is 5.04. The van der Waals surface area contributed by atoms with Gasteiger partial charge in [0.25, 0.3) is 5.91 Å². The predicted molar refractivity (Wildman–Crippen MR) is 90.2 cm³/mol. The number of rotatable bonds is 6. The number of benzene rings is 1. The smallest absolute Gasteiger partial charge is 0.349 e. The molecule has 1 aromatic carbocycles. The lowest BCUT2D eigenvalue weighted by molar-refractivity contribution is -0.123. The van der Waals surface area contributed by atoms with Crippen molar-refractivity contribution in [1.82, 2.24) is 10.6 Å². The van der Waals surface area contributed by atoms with Gasteiger partial charge in [0, 0.05) is 23.7 Å². The van der Waals surface area contributed by atoms with Crippen LogP contribution in [-0.2, 0) is 14.3 Å². The summed E-state index contributed by atoms with van der Waals surface area (Å²) in [7, 11) is 1.48. The van der Waals surface area contributed by atoms with Gasteiger partial charge in [-0.2, -0.15) is 0 Å². The summed E-state index contributed by atoms with van der Waals surface area (Å²) in [6.07, 6.45) is 0. The van der Waals surface area contributed by atoms with Crippen LogP contribution in [0.5, 0.6) is 0 Å². The van der Waals surface area contributed by atoms with Gasteiger partial charge in [-0.05, 0) is 24.6 Å².